The fourth-order valence-corrected chi connectivity index (χ4v) is 0.398. The van der Waals surface area contributed by atoms with Gasteiger partial charge in [-0.25, -0.2) is 4.79 Å². The average Bonchev–Trinajstić information content (AvgIpc) is 1.87. The first-order valence-electron chi connectivity index (χ1n) is 2.79. The Morgan fingerprint density at radius 2 is 2.30 bits per heavy atom. The van der Waals surface area contributed by atoms with Gasteiger partial charge in [0.2, 0.25) is 0 Å². The Balaban J connectivity index is 3.28. The number of hydrogen-bond donors (Lipinski definition) is 0. The lowest BCUT2D eigenvalue weighted by Gasteiger charge is -1.98. The number of carbonyl (C=O) groups excluding carboxylic acids is 1. The number of ether oxygens (including phenoxy) is 1. The van der Waals surface area contributed by atoms with Gasteiger partial charge in [0.15, 0.2) is 0 Å². The molecule has 0 saturated carbocycles. The van der Waals surface area contributed by atoms with Crippen molar-refractivity contribution in [3.05, 3.63) is 24.3 Å². The number of rotatable bonds is 4. The predicted octanol–water partition coefficient (Wildman–Crippen LogP) is 1.86. The lowest BCUT2D eigenvalue weighted by atomic mass is 10.4. The highest BCUT2D eigenvalue weighted by Crippen LogP contribution is 2.02. The van der Waals surface area contributed by atoms with E-state index in [1.54, 1.807) is 0 Å². The Labute approximate surface area is 65.1 Å². The van der Waals surface area contributed by atoms with Crippen molar-refractivity contribution >= 4 is 17.6 Å². The van der Waals surface area contributed by atoms with Crippen LogP contribution in [0.1, 0.15) is 6.42 Å². The summed E-state index contributed by atoms with van der Waals surface area (Å²) in [6.07, 6.45) is 1.60. The molecule has 0 aliphatic carbocycles. The van der Waals surface area contributed by atoms with E-state index in [1.165, 1.54) is 0 Å². The molecule has 0 aromatic rings. The number of esters is 1. The van der Waals surface area contributed by atoms with E-state index in [9.17, 15) is 4.79 Å². The van der Waals surface area contributed by atoms with Gasteiger partial charge in [-0.1, -0.05) is 24.8 Å². The van der Waals surface area contributed by atoms with Crippen LogP contribution in [0, 0.1) is 0 Å². The molecule has 0 spiro atoms. The molecule has 0 aromatic heterocycles. The van der Waals surface area contributed by atoms with Gasteiger partial charge in [0, 0.05) is 17.5 Å². The Bertz CT molecular complexity index is 152. The predicted molar refractivity (Wildman–Crippen MR) is 40.8 cm³/mol. The summed E-state index contributed by atoms with van der Waals surface area (Å²) in [6, 6.07) is 0. The summed E-state index contributed by atoms with van der Waals surface area (Å²) < 4.78 is 4.60. The third-order valence-corrected chi connectivity index (χ3v) is 0.973. The van der Waals surface area contributed by atoms with E-state index in [4.69, 9.17) is 11.6 Å². The molecule has 0 N–H and O–H groups in total. The highest BCUT2D eigenvalue weighted by atomic mass is 35.5. The van der Waals surface area contributed by atoms with Crippen LogP contribution in [-0.2, 0) is 9.53 Å². The Morgan fingerprint density at radius 3 is 2.70 bits per heavy atom. The van der Waals surface area contributed by atoms with E-state index in [-0.39, 0.29) is 6.61 Å². The second-order valence-corrected chi connectivity index (χ2v) is 2.17. The van der Waals surface area contributed by atoms with E-state index in [1.807, 2.05) is 0 Å². The quantitative estimate of drug-likeness (QED) is 0.464. The molecular weight excluding hydrogens is 152 g/mol. The van der Waals surface area contributed by atoms with Crippen LogP contribution in [0.3, 0.4) is 0 Å². The minimum Gasteiger partial charge on any atom is -0.462 e. The van der Waals surface area contributed by atoms with Gasteiger partial charge in [0.25, 0.3) is 0 Å². The van der Waals surface area contributed by atoms with Gasteiger partial charge in [-0.05, 0) is 0 Å². The zero-order valence-electron chi connectivity index (χ0n) is 5.60. The molecule has 0 aliphatic heterocycles. The number of hydrogen-bond acceptors (Lipinski definition) is 2. The van der Waals surface area contributed by atoms with Gasteiger partial charge in [-0.2, -0.15) is 0 Å². The third-order valence-electron chi connectivity index (χ3n) is 0.784. The van der Waals surface area contributed by atoms with Crippen LogP contribution in [0.15, 0.2) is 24.3 Å². The lowest BCUT2D eigenvalue weighted by Crippen LogP contribution is -2.01. The summed E-state index contributed by atoms with van der Waals surface area (Å²) in [5.41, 5.74) is 0. The van der Waals surface area contributed by atoms with Crippen LogP contribution in [0.4, 0.5) is 0 Å². The second-order valence-electron chi connectivity index (χ2n) is 1.64. The molecular formula is C7H9ClO2. The molecule has 0 radical (unpaired) electrons. The highest BCUT2D eigenvalue weighted by Gasteiger charge is 1.94. The Kier molecular flexibility index (Phi) is 4.67. The third kappa shape index (κ3) is 5.38. The zero-order valence-corrected chi connectivity index (χ0v) is 6.36. The van der Waals surface area contributed by atoms with Gasteiger partial charge in [-0.3, -0.25) is 0 Å². The van der Waals surface area contributed by atoms with Crippen molar-refractivity contribution in [3.63, 3.8) is 0 Å². The molecule has 0 heterocycles. The van der Waals surface area contributed by atoms with Gasteiger partial charge in [0.05, 0.1) is 6.61 Å². The molecule has 0 fully saturated rings. The minimum atomic E-state index is -0.432. The van der Waals surface area contributed by atoms with Crippen molar-refractivity contribution in [2.75, 3.05) is 6.61 Å². The van der Waals surface area contributed by atoms with Crippen LogP contribution < -0.4 is 0 Å². The van der Waals surface area contributed by atoms with Crippen molar-refractivity contribution in [1.29, 1.82) is 0 Å². The largest absolute Gasteiger partial charge is 0.462 e. The summed E-state index contributed by atoms with van der Waals surface area (Å²) in [5.74, 6) is -0.432. The summed E-state index contributed by atoms with van der Waals surface area (Å²) in [6.45, 7) is 6.93. The maximum Gasteiger partial charge on any atom is 0.330 e. The van der Waals surface area contributed by atoms with Crippen molar-refractivity contribution in [1.82, 2.24) is 0 Å². The Hall–Kier alpha value is -0.760. The normalized spacial score (nSPS) is 8.50. The SMILES string of the molecule is C=CC(=O)OCCC(=C)Cl. The monoisotopic (exact) mass is 160 g/mol. The molecule has 0 bridgehead atoms. The Morgan fingerprint density at radius 1 is 1.70 bits per heavy atom. The molecule has 0 unspecified atom stereocenters. The first-order chi connectivity index (χ1) is 4.66. The maximum absolute atomic E-state index is 10.4. The summed E-state index contributed by atoms with van der Waals surface area (Å²) in [7, 11) is 0. The first kappa shape index (κ1) is 9.24. The topological polar surface area (TPSA) is 26.3 Å². The van der Waals surface area contributed by atoms with E-state index in [0.29, 0.717) is 11.5 Å². The molecule has 56 valence electrons. The molecule has 3 heteroatoms. The zero-order chi connectivity index (χ0) is 7.98. The number of carbonyl (C=O) groups is 1. The van der Waals surface area contributed by atoms with Gasteiger partial charge < -0.3 is 4.74 Å². The van der Waals surface area contributed by atoms with Gasteiger partial charge in [-0.15, -0.1) is 0 Å². The fourth-order valence-electron chi connectivity index (χ4n) is 0.321. The van der Waals surface area contributed by atoms with Crippen LogP contribution in [0.2, 0.25) is 0 Å². The number of halogens is 1. The maximum atomic E-state index is 10.4. The van der Waals surface area contributed by atoms with E-state index >= 15 is 0 Å². The summed E-state index contributed by atoms with van der Waals surface area (Å²) in [4.78, 5) is 10.4. The minimum absolute atomic E-state index is 0.271. The van der Waals surface area contributed by atoms with Crippen molar-refractivity contribution in [2.45, 2.75) is 6.42 Å². The van der Waals surface area contributed by atoms with Crippen molar-refractivity contribution in [2.24, 2.45) is 0 Å². The fraction of sp³-hybridized carbons (Fsp3) is 0.286. The van der Waals surface area contributed by atoms with Crippen LogP contribution >= 0.6 is 11.6 Å². The smallest absolute Gasteiger partial charge is 0.330 e. The molecule has 0 aromatic carbocycles. The van der Waals surface area contributed by atoms with Crippen LogP contribution in [0.25, 0.3) is 0 Å². The molecule has 0 atom stereocenters. The second kappa shape index (κ2) is 5.06. The highest BCUT2D eigenvalue weighted by molar-refractivity contribution is 6.29. The standard InChI is InChI=1S/C7H9ClO2/c1-3-7(9)10-5-4-6(2)8/h3H,1-2,4-5H2. The van der Waals surface area contributed by atoms with E-state index in [0.717, 1.165) is 6.08 Å². The first-order valence-corrected chi connectivity index (χ1v) is 3.17. The van der Waals surface area contributed by atoms with E-state index < -0.39 is 5.97 Å². The molecule has 0 aliphatic rings. The average molecular weight is 161 g/mol. The van der Waals surface area contributed by atoms with E-state index in [2.05, 4.69) is 17.9 Å². The van der Waals surface area contributed by atoms with Crippen LogP contribution in [-0.4, -0.2) is 12.6 Å². The molecule has 0 amide bonds. The van der Waals surface area contributed by atoms with Crippen LogP contribution in [0.5, 0.6) is 0 Å². The van der Waals surface area contributed by atoms with Gasteiger partial charge >= 0.3 is 5.97 Å². The lowest BCUT2D eigenvalue weighted by molar-refractivity contribution is -0.137. The molecule has 10 heavy (non-hydrogen) atoms. The molecule has 0 saturated heterocycles. The van der Waals surface area contributed by atoms with Crippen molar-refractivity contribution in [3.8, 4) is 0 Å². The summed E-state index contributed by atoms with van der Waals surface area (Å²) in [5, 5.41) is 0.483. The molecule has 2 nitrogen and oxygen atoms in total. The summed E-state index contributed by atoms with van der Waals surface area (Å²) >= 11 is 5.39. The van der Waals surface area contributed by atoms with Crippen molar-refractivity contribution < 1.29 is 9.53 Å². The molecule has 0 rings (SSSR count). The van der Waals surface area contributed by atoms with Gasteiger partial charge in [0.1, 0.15) is 0 Å².